The molecule has 0 radical (unpaired) electrons. The number of hydrogen-bond donors (Lipinski definition) is 1. The molecule has 2 aromatic rings. The second kappa shape index (κ2) is 11.4. The van der Waals surface area contributed by atoms with E-state index in [0.29, 0.717) is 12.5 Å². The molecule has 0 saturated carbocycles. The summed E-state index contributed by atoms with van der Waals surface area (Å²) >= 11 is 5.78. The maximum Gasteiger partial charge on any atom is 0.169 e. The van der Waals surface area contributed by atoms with E-state index in [-0.39, 0.29) is 6.04 Å². The third-order valence-corrected chi connectivity index (χ3v) is 6.40. The molecule has 0 aromatic heterocycles. The summed E-state index contributed by atoms with van der Waals surface area (Å²) in [5.41, 5.74) is 3.73. The predicted octanol–water partition coefficient (Wildman–Crippen LogP) is 5.48. The van der Waals surface area contributed by atoms with Crippen molar-refractivity contribution in [2.45, 2.75) is 52.0 Å². The summed E-state index contributed by atoms with van der Waals surface area (Å²) in [5, 5.41) is 4.21. The van der Waals surface area contributed by atoms with Crippen molar-refractivity contribution in [2.75, 3.05) is 33.9 Å². The van der Waals surface area contributed by atoms with Gasteiger partial charge in [0.1, 0.15) is 12.4 Å². The molecule has 0 fully saturated rings. The molecule has 0 saturated heterocycles. The van der Waals surface area contributed by atoms with Crippen LogP contribution in [0.2, 0.25) is 0 Å². The summed E-state index contributed by atoms with van der Waals surface area (Å²) in [7, 11) is 3.34. The van der Waals surface area contributed by atoms with E-state index in [0.717, 1.165) is 54.7 Å². The molecule has 1 atom stereocenters. The van der Waals surface area contributed by atoms with Gasteiger partial charge in [-0.2, -0.15) is 0 Å². The molecule has 1 N–H and O–H groups in total. The molecule has 1 aliphatic rings. The normalized spacial score (nSPS) is 15.3. The lowest BCUT2D eigenvalue weighted by molar-refractivity contribution is 0.187. The Morgan fingerprint density at radius 1 is 1.12 bits per heavy atom. The number of benzene rings is 2. The zero-order valence-corrected chi connectivity index (χ0v) is 20.8. The molecule has 1 unspecified atom stereocenters. The third kappa shape index (κ3) is 5.66. The number of nitrogens with zero attached hydrogens (tertiary/aromatic N) is 1. The van der Waals surface area contributed by atoms with Crippen molar-refractivity contribution in [1.82, 2.24) is 10.2 Å². The predicted molar refractivity (Wildman–Crippen MR) is 134 cm³/mol. The van der Waals surface area contributed by atoms with Crippen LogP contribution < -0.4 is 19.5 Å². The van der Waals surface area contributed by atoms with E-state index in [1.165, 1.54) is 16.7 Å². The van der Waals surface area contributed by atoms with Gasteiger partial charge in [-0.1, -0.05) is 39.3 Å². The van der Waals surface area contributed by atoms with Gasteiger partial charge in [0.2, 0.25) is 0 Å². The lowest BCUT2D eigenvalue weighted by Gasteiger charge is -2.39. The summed E-state index contributed by atoms with van der Waals surface area (Å²) in [4.78, 5) is 2.25. The maximum absolute atomic E-state index is 6.27. The largest absolute Gasteiger partial charge is 0.493 e. The molecule has 5 nitrogen and oxygen atoms in total. The Hall–Kier alpha value is -2.47. The molecule has 0 bridgehead atoms. The van der Waals surface area contributed by atoms with E-state index in [9.17, 15) is 0 Å². The Bertz CT molecular complexity index is 899. The molecule has 0 spiro atoms. The first-order valence-corrected chi connectivity index (χ1v) is 11.9. The van der Waals surface area contributed by atoms with Crippen LogP contribution in [0.3, 0.4) is 0 Å². The molecule has 6 heteroatoms. The van der Waals surface area contributed by atoms with Crippen LogP contribution in [0.1, 0.15) is 62.3 Å². The molecular weight excluding hydrogens is 420 g/mol. The summed E-state index contributed by atoms with van der Waals surface area (Å²) in [5.74, 6) is 2.85. The fourth-order valence-corrected chi connectivity index (χ4v) is 4.37. The van der Waals surface area contributed by atoms with Crippen LogP contribution >= 0.6 is 12.2 Å². The van der Waals surface area contributed by atoms with Crippen molar-refractivity contribution in [1.29, 1.82) is 0 Å². The standard InChI is InChI=1S/C26H36N2O3S/c1-6-7-13-27-26(32)28-14-12-20-15-24(29-4)25(30-5)16-22(20)23(28)17-31-21-10-8-19(9-11-21)18(2)3/h8-11,15-16,18,23H,6-7,12-14,17H2,1-5H3,(H,27,32). The van der Waals surface area contributed by atoms with Crippen molar-refractivity contribution in [3.05, 3.63) is 53.1 Å². The van der Waals surface area contributed by atoms with Gasteiger partial charge in [-0.3, -0.25) is 0 Å². The zero-order valence-electron chi connectivity index (χ0n) is 19.9. The molecule has 1 aliphatic heterocycles. The van der Waals surface area contributed by atoms with Crippen LogP contribution in [0.15, 0.2) is 36.4 Å². The van der Waals surface area contributed by atoms with Gasteiger partial charge in [0, 0.05) is 13.1 Å². The van der Waals surface area contributed by atoms with E-state index in [4.69, 9.17) is 26.4 Å². The summed E-state index contributed by atoms with van der Waals surface area (Å²) in [6.45, 7) is 8.79. The number of ether oxygens (including phenoxy) is 3. The summed E-state index contributed by atoms with van der Waals surface area (Å²) in [6, 6.07) is 12.5. The number of thiocarbonyl (C=S) groups is 1. The number of nitrogens with one attached hydrogen (secondary N) is 1. The van der Waals surface area contributed by atoms with E-state index >= 15 is 0 Å². The van der Waals surface area contributed by atoms with Gasteiger partial charge in [0.05, 0.1) is 20.3 Å². The summed E-state index contributed by atoms with van der Waals surface area (Å²) < 4.78 is 17.4. The van der Waals surface area contributed by atoms with E-state index in [1.54, 1.807) is 14.2 Å². The van der Waals surface area contributed by atoms with Crippen LogP contribution in [0.25, 0.3) is 0 Å². The maximum atomic E-state index is 6.27. The quantitative estimate of drug-likeness (QED) is 0.398. The van der Waals surface area contributed by atoms with Gasteiger partial charge < -0.3 is 24.4 Å². The number of hydrogen-bond acceptors (Lipinski definition) is 4. The van der Waals surface area contributed by atoms with Crippen LogP contribution in [0.5, 0.6) is 17.2 Å². The SMILES string of the molecule is CCCCNC(=S)N1CCc2cc(OC)c(OC)cc2C1COc1ccc(C(C)C)cc1. The summed E-state index contributed by atoms with van der Waals surface area (Å²) in [6.07, 6.45) is 3.12. The van der Waals surface area contributed by atoms with Gasteiger partial charge in [-0.15, -0.1) is 0 Å². The Morgan fingerprint density at radius 2 is 1.81 bits per heavy atom. The van der Waals surface area contributed by atoms with Crippen LogP contribution in [0.4, 0.5) is 0 Å². The Kier molecular flexibility index (Phi) is 8.62. The molecule has 1 heterocycles. The van der Waals surface area contributed by atoms with Gasteiger partial charge in [0.15, 0.2) is 16.6 Å². The molecule has 0 amide bonds. The minimum atomic E-state index is -0.00930. The molecule has 32 heavy (non-hydrogen) atoms. The third-order valence-electron chi connectivity index (χ3n) is 6.02. The smallest absolute Gasteiger partial charge is 0.169 e. The van der Waals surface area contributed by atoms with Gasteiger partial charge in [-0.05, 0) is 71.9 Å². The second-order valence-corrected chi connectivity index (χ2v) is 8.87. The van der Waals surface area contributed by atoms with Crippen LogP contribution in [-0.2, 0) is 6.42 Å². The first-order valence-electron chi connectivity index (χ1n) is 11.5. The highest BCUT2D eigenvalue weighted by atomic mass is 32.1. The highest BCUT2D eigenvalue weighted by molar-refractivity contribution is 7.80. The minimum Gasteiger partial charge on any atom is -0.493 e. The van der Waals surface area contributed by atoms with E-state index < -0.39 is 0 Å². The Morgan fingerprint density at radius 3 is 2.44 bits per heavy atom. The van der Waals surface area contributed by atoms with Crippen molar-refractivity contribution >= 4 is 17.3 Å². The fourth-order valence-electron chi connectivity index (χ4n) is 4.05. The van der Waals surface area contributed by atoms with Crippen molar-refractivity contribution < 1.29 is 14.2 Å². The van der Waals surface area contributed by atoms with Gasteiger partial charge in [-0.25, -0.2) is 0 Å². The lowest BCUT2D eigenvalue weighted by Crippen LogP contribution is -2.47. The van der Waals surface area contributed by atoms with Crippen molar-refractivity contribution in [2.24, 2.45) is 0 Å². The van der Waals surface area contributed by atoms with E-state index in [2.05, 4.69) is 67.4 Å². The lowest BCUT2D eigenvalue weighted by atomic mass is 9.92. The topological polar surface area (TPSA) is 43.0 Å². The van der Waals surface area contributed by atoms with E-state index in [1.807, 2.05) is 0 Å². The van der Waals surface area contributed by atoms with Gasteiger partial charge in [0.25, 0.3) is 0 Å². The first kappa shape index (κ1) is 24.2. The van der Waals surface area contributed by atoms with Crippen LogP contribution in [0, 0.1) is 0 Å². The molecule has 0 aliphatic carbocycles. The average molecular weight is 457 g/mol. The highest BCUT2D eigenvalue weighted by Crippen LogP contribution is 2.38. The molecule has 174 valence electrons. The molecular formula is C26H36N2O3S. The average Bonchev–Trinajstić information content (AvgIpc) is 2.81. The second-order valence-electron chi connectivity index (χ2n) is 8.49. The Labute approximate surface area is 198 Å². The number of methoxy groups -OCH3 is 2. The Balaban J connectivity index is 1.86. The van der Waals surface area contributed by atoms with Gasteiger partial charge >= 0.3 is 0 Å². The monoisotopic (exact) mass is 456 g/mol. The van der Waals surface area contributed by atoms with Crippen molar-refractivity contribution in [3.8, 4) is 17.2 Å². The van der Waals surface area contributed by atoms with Crippen molar-refractivity contribution in [3.63, 3.8) is 0 Å². The molecule has 2 aromatic carbocycles. The molecule has 3 rings (SSSR count). The number of rotatable bonds is 9. The first-order chi connectivity index (χ1) is 15.5. The van der Waals surface area contributed by atoms with Crippen LogP contribution in [-0.4, -0.2) is 43.9 Å². The highest BCUT2D eigenvalue weighted by Gasteiger charge is 2.31. The number of fused-ring (bicyclic) bond motifs is 1. The zero-order chi connectivity index (χ0) is 23.1. The minimum absolute atomic E-state index is 0.00930. The fraction of sp³-hybridized carbons (Fsp3) is 0.500. The number of unbranched alkanes of at least 4 members (excludes halogenated alkanes) is 1.